The van der Waals surface area contributed by atoms with Gasteiger partial charge in [0.25, 0.3) is 6.04 Å². The molecule has 0 N–H and O–H groups in total. The number of hydrogen-bond acceptors (Lipinski definition) is 8. The first kappa shape index (κ1) is 19.2. The Balaban J connectivity index is 2.64. The van der Waals surface area contributed by atoms with Gasteiger partial charge in [0.2, 0.25) is 0 Å². The van der Waals surface area contributed by atoms with E-state index in [0.717, 1.165) is 14.2 Å². The number of esters is 3. The second-order valence-corrected chi connectivity index (χ2v) is 5.88. The average molecular weight is 365 g/mol. The van der Waals surface area contributed by atoms with Crippen molar-refractivity contribution in [1.82, 2.24) is 0 Å². The lowest BCUT2D eigenvalue weighted by Crippen LogP contribution is -2.53. The molecule has 0 aliphatic carbocycles. The fourth-order valence-corrected chi connectivity index (χ4v) is 2.59. The molecule has 1 aromatic rings. The van der Waals surface area contributed by atoms with Crippen LogP contribution in [0.5, 0.6) is 0 Å². The van der Waals surface area contributed by atoms with Gasteiger partial charge in [-0.15, -0.1) is 0 Å². The fraction of sp³-hybridized carbons (Fsp3) is 0.412. The summed E-state index contributed by atoms with van der Waals surface area (Å²) in [4.78, 5) is 37.2. The molecule has 0 aromatic carbocycles. The van der Waals surface area contributed by atoms with Crippen LogP contribution in [-0.2, 0) is 33.3 Å². The summed E-state index contributed by atoms with van der Waals surface area (Å²) in [6, 6.07) is 3.53. The molecule has 0 amide bonds. The van der Waals surface area contributed by atoms with Gasteiger partial charge in [0, 0.05) is 12.1 Å². The van der Waals surface area contributed by atoms with E-state index in [9.17, 15) is 19.5 Å². The molecule has 0 fully saturated rings. The lowest BCUT2D eigenvalue weighted by atomic mass is 9.90. The standard InChI is InChI=1S/C17H19NO8/c1-17(2)25-14(20)11(15(21)26-17)10(13(19)23-3)12(16(22)24-4)18-8-6-5-7-9-18/h5-10,12H,1-4H3. The second-order valence-electron chi connectivity index (χ2n) is 5.88. The minimum absolute atomic E-state index is 0.636. The van der Waals surface area contributed by atoms with Crippen molar-refractivity contribution >= 4 is 17.9 Å². The number of carbonyl (C=O) groups is 3. The molecule has 0 radical (unpaired) electrons. The van der Waals surface area contributed by atoms with Crippen molar-refractivity contribution < 1.29 is 43.0 Å². The van der Waals surface area contributed by atoms with Gasteiger partial charge in [-0.05, 0) is 13.8 Å². The summed E-state index contributed by atoms with van der Waals surface area (Å²) in [5.74, 6) is -7.07. The molecule has 1 aliphatic heterocycles. The topological polar surface area (TPSA) is 115 Å². The first-order valence-electron chi connectivity index (χ1n) is 7.67. The molecule has 140 valence electrons. The Bertz CT molecular complexity index is 740. The summed E-state index contributed by atoms with van der Waals surface area (Å²) in [7, 11) is 2.20. The summed E-state index contributed by atoms with van der Waals surface area (Å²) in [5.41, 5.74) is -0.636. The smallest absolute Gasteiger partial charge is 0.376 e. The van der Waals surface area contributed by atoms with Crippen LogP contribution in [0.3, 0.4) is 0 Å². The minimum Gasteiger partial charge on any atom is -0.575 e. The van der Waals surface area contributed by atoms with Gasteiger partial charge in [-0.25, -0.2) is 9.59 Å². The molecule has 0 spiro atoms. The number of aromatic nitrogens is 1. The third-order valence-corrected chi connectivity index (χ3v) is 3.70. The largest absolute Gasteiger partial charge is 0.575 e. The SMILES string of the molecule is COC(=O)C(C1=C([O-])OC(C)(C)OC1=O)C(C(=O)OC)[n+]1ccccc1. The van der Waals surface area contributed by atoms with Crippen molar-refractivity contribution in [3.05, 3.63) is 42.1 Å². The summed E-state index contributed by atoms with van der Waals surface area (Å²) in [5, 5.41) is 12.4. The maximum Gasteiger partial charge on any atom is 0.376 e. The number of rotatable bonds is 5. The zero-order valence-corrected chi connectivity index (χ0v) is 14.8. The molecule has 2 atom stereocenters. The van der Waals surface area contributed by atoms with Crippen LogP contribution < -0.4 is 9.67 Å². The molecule has 2 unspecified atom stereocenters. The van der Waals surface area contributed by atoms with E-state index in [2.05, 4.69) is 0 Å². The van der Waals surface area contributed by atoms with Gasteiger partial charge in [-0.3, -0.25) is 4.79 Å². The van der Waals surface area contributed by atoms with Crippen LogP contribution in [0.4, 0.5) is 0 Å². The predicted molar refractivity (Wildman–Crippen MR) is 81.5 cm³/mol. The average Bonchev–Trinajstić information content (AvgIpc) is 2.59. The molecule has 26 heavy (non-hydrogen) atoms. The van der Waals surface area contributed by atoms with Crippen molar-refractivity contribution in [1.29, 1.82) is 0 Å². The highest BCUT2D eigenvalue weighted by atomic mass is 16.8. The van der Waals surface area contributed by atoms with Crippen LogP contribution in [0.15, 0.2) is 42.1 Å². The Morgan fingerprint density at radius 1 is 1.08 bits per heavy atom. The van der Waals surface area contributed by atoms with E-state index in [4.69, 9.17) is 18.9 Å². The normalized spacial score (nSPS) is 18.2. The molecule has 1 aromatic heterocycles. The van der Waals surface area contributed by atoms with E-state index >= 15 is 0 Å². The third kappa shape index (κ3) is 3.76. The van der Waals surface area contributed by atoms with E-state index < -0.39 is 47.2 Å². The van der Waals surface area contributed by atoms with Gasteiger partial charge >= 0.3 is 17.9 Å². The molecule has 0 saturated carbocycles. The molecular weight excluding hydrogens is 346 g/mol. The number of hydrogen-bond donors (Lipinski definition) is 0. The van der Waals surface area contributed by atoms with E-state index in [1.165, 1.54) is 30.8 Å². The van der Waals surface area contributed by atoms with Gasteiger partial charge in [-0.2, -0.15) is 4.57 Å². The second kappa shape index (κ2) is 7.42. The first-order chi connectivity index (χ1) is 12.2. The zero-order valence-electron chi connectivity index (χ0n) is 14.8. The number of nitrogens with zero attached hydrogens (tertiary/aromatic N) is 1. The van der Waals surface area contributed by atoms with Crippen LogP contribution in [0.2, 0.25) is 0 Å². The van der Waals surface area contributed by atoms with Crippen LogP contribution in [0.1, 0.15) is 19.9 Å². The number of pyridine rings is 1. The lowest BCUT2D eigenvalue weighted by Gasteiger charge is -2.40. The molecule has 1 aliphatic rings. The Morgan fingerprint density at radius 2 is 1.65 bits per heavy atom. The number of ether oxygens (including phenoxy) is 4. The van der Waals surface area contributed by atoms with Crippen molar-refractivity contribution in [2.75, 3.05) is 14.2 Å². The monoisotopic (exact) mass is 365 g/mol. The number of cyclic esters (lactones) is 1. The van der Waals surface area contributed by atoms with Crippen molar-refractivity contribution in [3.63, 3.8) is 0 Å². The molecule has 9 heteroatoms. The third-order valence-electron chi connectivity index (χ3n) is 3.70. The summed E-state index contributed by atoms with van der Waals surface area (Å²) in [6.07, 6.45) is 2.98. The maximum atomic E-state index is 12.4. The quantitative estimate of drug-likeness (QED) is 0.384. The van der Waals surface area contributed by atoms with Crippen molar-refractivity contribution in [2.45, 2.75) is 25.7 Å². The summed E-state index contributed by atoms with van der Waals surface area (Å²) in [6.45, 7) is 2.74. The Morgan fingerprint density at radius 3 is 2.15 bits per heavy atom. The maximum absolute atomic E-state index is 12.4. The van der Waals surface area contributed by atoms with Gasteiger partial charge in [0.15, 0.2) is 24.1 Å². The van der Waals surface area contributed by atoms with Gasteiger partial charge in [0.1, 0.15) is 0 Å². The number of carbonyl (C=O) groups excluding carboxylic acids is 3. The zero-order chi connectivity index (χ0) is 19.5. The highest BCUT2D eigenvalue weighted by molar-refractivity contribution is 5.98. The summed E-state index contributed by atoms with van der Waals surface area (Å²) < 4.78 is 20.9. The molecule has 0 bridgehead atoms. The van der Waals surface area contributed by atoms with Gasteiger partial charge in [-0.1, -0.05) is 6.07 Å². The van der Waals surface area contributed by atoms with Crippen LogP contribution in [0.25, 0.3) is 0 Å². The first-order valence-corrected chi connectivity index (χ1v) is 7.67. The van der Waals surface area contributed by atoms with Gasteiger partial charge in [0.05, 0.1) is 25.7 Å². The van der Waals surface area contributed by atoms with Crippen molar-refractivity contribution in [3.8, 4) is 0 Å². The highest BCUT2D eigenvalue weighted by Gasteiger charge is 2.50. The van der Waals surface area contributed by atoms with Gasteiger partial charge < -0.3 is 24.1 Å². The Labute approximate surface area is 149 Å². The van der Waals surface area contributed by atoms with E-state index in [0.29, 0.717) is 0 Å². The molecule has 9 nitrogen and oxygen atoms in total. The van der Waals surface area contributed by atoms with Crippen LogP contribution >= 0.6 is 0 Å². The van der Waals surface area contributed by atoms with Crippen molar-refractivity contribution in [2.24, 2.45) is 5.92 Å². The summed E-state index contributed by atoms with van der Waals surface area (Å²) >= 11 is 0. The highest BCUT2D eigenvalue weighted by Crippen LogP contribution is 2.33. The van der Waals surface area contributed by atoms with E-state index in [1.54, 1.807) is 18.2 Å². The van der Waals surface area contributed by atoms with Crippen LogP contribution in [-0.4, -0.2) is 37.9 Å². The molecule has 0 saturated heterocycles. The predicted octanol–water partition coefficient (Wildman–Crippen LogP) is -0.641. The van der Waals surface area contributed by atoms with E-state index in [1.807, 2.05) is 0 Å². The Hall–Kier alpha value is -3.10. The minimum atomic E-state index is -1.61. The lowest BCUT2D eigenvalue weighted by molar-refractivity contribution is -0.714. The Kier molecular flexibility index (Phi) is 5.49. The molecular formula is C17H19NO8. The number of methoxy groups -OCH3 is 2. The van der Waals surface area contributed by atoms with Crippen LogP contribution in [0, 0.1) is 5.92 Å². The molecule has 2 rings (SSSR count). The van der Waals surface area contributed by atoms with E-state index in [-0.39, 0.29) is 0 Å². The fourth-order valence-electron chi connectivity index (χ4n) is 2.59. The molecule has 2 heterocycles.